The Morgan fingerprint density at radius 1 is 0.824 bits per heavy atom. The van der Waals surface area contributed by atoms with Gasteiger partial charge in [0.2, 0.25) is 0 Å². The van der Waals surface area contributed by atoms with Gasteiger partial charge in [-0.25, -0.2) is 9.97 Å². The first kappa shape index (κ1) is 9.72. The molecule has 3 rings (SSSR count). The summed E-state index contributed by atoms with van der Waals surface area (Å²) in [4.78, 5) is 15.8. The summed E-state index contributed by atoms with van der Waals surface area (Å²) in [6, 6.07) is 9.98. The summed E-state index contributed by atoms with van der Waals surface area (Å²) < 4.78 is 0. The molecule has 0 bridgehead atoms. The summed E-state index contributed by atoms with van der Waals surface area (Å²) in [5, 5.41) is 0. The fraction of sp³-hybridized carbons (Fsp3) is 0. The van der Waals surface area contributed by atoms with Crippen LogP contribution in [0.4, 0.5) is 0 Å². The van der Waals surface area contributed by atoms with Crippen LogP contribution in [0.2, 0.25) is 0 Å². The molecule has 0 atom stereocenters. The van der Waals surface area contributed by atoms with Crippen molar-refractivity contribution in [3.8, 4) is 22.6 Å². The van der Waals surface area contributed by atoms with Gasteiger partial charge in [-0.05, 0) is 0 Å². The number of benzene rings is 1. The molecule has 3 aromatic rings. The van der Waals surface area contributed by atoms with Crippen molar-refractivity contribution in [3.05, 3.63) is 55.2 Å². The Labute approximate surface area is 98.4 Å². The van der Waals surface area contributed by atoms with Gasteiger partial charge in [-0.2, -0.15) is 0 Å². The second-order valence-corrected chi connectivity index (χ2v) is 3.62. The van der Waals surface area contributed by atoms with Crippen LogP contribution in [0.25, 0.3) is 22.6 Å². The highest BCUT2D eigenvalue weighted by molar-refractivity contribution is 5.62. The number of hydrogen-bond acceptors (Lipinski definition) is 3. The molecule has 4 heteroatoms. The van der Waals surface area contributed by atoms with E-state index in [2.05, 4.69) is 19.9 Å². The number of aromatic amines is 1. The lowest BCUT2D eigenvalue weighted by Crippen LogP contribution is -1.89. The maximum absolute atomic E-state index is 4.55. The molecule has 0 saturated carbocycles. The minimum Gasteiger partial charge on any atom is -0.343 e. The topological polar surface area (TPSA) is 54.5 Å². The monoisotopic (exact) mass is 222 g/mol. The predicted octanol–water partition coefficient (Wildman–Crippen LogP) is 2.53. The van der Waals surface area contributed by atoms with Crippen LogP contribution in [0, 0.1) is 0 Å². The summed E-state index contributed by atoms with van der Waals surface area (Å²) in [6.45, 7) is 0. The largest absolute Gasteiger partial charge is 0.343 e. The zero-order valence-electron chi connectivity index (χ0n) is 9.04. The highest BCUT2D eigenvalue weighted by atomic mass is 14.9. The highest BCUT2D eigenvalue weighted by Crippen LogP contribution is 2.19. The number of imidazole rings is 1. The molecule has 2 heterocycles. The van der Waals surface area contributed by atoms with E-state index in [0.717, 1.165) is 22.6 Å². The molecule has 0 amide bonds. The molecule has 0 aliphatic rings. The molecule has 2 aromatic heterocycles. The standard InChI is InChI=1S/C13H10N4/c1-2-4-10(5-3-1)11-6-14-8-13(17-11)12-7-15-9-16-12/h1-9H,(H,15,16). The van der Waals surface area contributed by atoms with Crippen LogP contribution in [0.5, 0.6) is 0 Å². The number of nitrogens with zero attached hydrogens (tertiary/aromatic N) is 3. The smallest absolute Gasteiger partial charge is 0.107 e. The second kappa shape index (κ2) is 4.17. The number of aromatic nitrogens is 4. The van der Waals surface area contributed by atoms with E-state index in [1.54, 1.807) is 24.9 Å². The molecular weight excluding hydrogens is 212 g/mol. The van der Waals surface area contributed by atoms with Crippen molar-refractivity contribution in [2.45, 2.75) is 0 Å². The Hall–Kier alpha value is -2.49. The zero-order valence-corrected chi connectivity index (χ0v) is 9.04. The lowest BCUT2D eigenvalue weighted by molar-refractivity contribution is 1.19. The number of rotatable bonds is 2. The molecular formula is C13H10N4. The molecule has 0 saturated heterocycles. The molecule has 1 aromatic carbocycles. The Balaban J connectivity index is 2.06. The number of H-pyrrole nitrogens is 1. The molecule has 17 heavy (non-hydrogen) atoms. The molecule has 0 unspecified atom stereocenters. The molecule has 0 spiro atoms. The molecule has 0 aliphatic carbocycles. The Kier molecular flexibility index (Phi) is 2.38. The van der Waals surface area contributed by atoms with Gasteiger partial charge in [0.25, 0.3) is 0 Å². The average Bonchev–Trinajstić information content (AvgIpc) is 2.94. The summed E-state index contributed by atoms with van der Waals surface area (Å²) in [7, 11) is 0. The summed E-state index contributed by atoms with van der Waals surface area (Å²) >= 11 is 0. The van der Waals surface area contributed by atoms with Crippen molar-refractivity contribution in [1.29, 1.82) is 0 Å². The molecule has 0 fully saturated rings. The van der Waals surface area contributed by atoms with Crippen LogP contribution in [0.3, 0.4) is 0 Å². The lowest BCUT2D eigenvalue weighted by Gasteiger charge is -2.02. The van der Waals surface area contributed by atoms with Gasteiger partial charge in [0.1, 0.15) is 5.69 Å². The highest BCUT2D eigenvalue weighted by Gasteiger charge is 2.04. The molecule has 1 N–H and O–H groups in total. The van der Waals surface area contributed by atoms with Crippen molar-refractivity contribution in [2.75, 3.05) is 0 Å². The third-order valence-electron chi connectivity index (χ3n) is 2.48. The fourth-order valence-corrected chi connectivity index (χ4v) is 1.64. The average molecular weight is 222 g/mol. The van der Waals surface area contributed by atoms with E-state index in [4.69, 9.17) is 0 Å². The van der Waals surface area contributed by atoms with Gasteiger partial charge in [0.05, 0.1) is 36.3 Å². The SMILES string of the molecule is c1ccc(-c2cncc(-c3cnc[nH]3)n2)cc1. The summed E-state index contributed by atoms with van der Waals surface area (Å²) in [5.74, 6) is 0. The Morgan fingerprint density at radius 3 is 2.41 bits per heavy atom. The molecule has 0 radical (unpaired) electrons. The quantitative estimate of drug-likeness (QED) is 0.724. The maximum Gasteiger partial charge on any atom is 0.107 e. The van der Waals surface area contributed by atoms with Gasteiger partial charge < -0.3 is 4.98 Å². The lowest BCUT2D eigenvalue weighted by atomic mass is 10.1. The first-order valence-electron chi connectivity index (χ1n) is 5.30. The van der Waals surface area contributed by atoms with E-state index in [1.165, 1.54) is 0 Å². The van der Waals surface area contributed by atoms with Crippen LogP contribution in [0.15, 0.2) is 55.2 Å². The second-order valence-electron chi connectivity index (χ2n) is 3.62. The van der Waals surface area contributed by atoms with E-state index in [9.17, 15) is 0 Å². The maximum atomic E-state index is 4.55. The van der Waals surface area contributed by atoms with E-state index in [1.807, 2.05) is 30.3 Å². The van der Waals surface area contributed by atoms with Crippen molar-refractivity contribution in [2.24, 2.45) is 0 Å². The summed E-state index contributed by atoms with van der Waals surface area (Å²) in [5.41, 5.74) is 3.58. The van der Waals surface area contributed by atoms with Gasteiger partial charge in [-0.3, -0.25) is 4.98 Å². The molecule has 0 aliphatic heterocycles. The third-order valence-corrected chi connectivity index (χ3v) is 2.48. The van der Waals surface area contributed by atoms with Crippen LogP contribution in [-0.2, 0) is 0 Å². The van der Waals surface area contributed by atoms with Crippen LogP contribution in [-0.4, -0.2) is 19.9 Å². The third kappa shape index (κ3) is 1.92. The number of nitrogens with one attached hydrogen (secondary N) is 1. The number of hydrogen-bond donors (Lipinski definition) is 1. The van der Waals surface area contributed by atoms with Crippen molar-refractivity contribution < 1.29 is 0 Å². The van der Waals surface area contributed by atoms with Crippen molar-refractivity contribution >= 4 is 0 Å². The van der Waals surface area contributed by atoms with Crippen LogP contribution >= 0.6 is 0 Å². The minimum absolute atomic E-state index is 0.795. The van der Waals surface area contributed by atoms with Gasteiger partial charge in [-0.15, -0.1) is 0 Å². The minimum atomic E-state index is 0.795. The Morgan fingerprint density at radius 2 is 1.65 bits per heavy atom. The van der Waals surface area contributed by atoms with E-state index < -0.39 is 0 Å². The van der Waals surface area contributed by atoms with Crippen molar-refractivity contribution in [1.82, 2.24) is 19.9 Å². The van der Waals surface area contributed by atoms with Gasteiger partial charge in [0.15, 0.2) is 0 Å². The molecule has 82 valence electrons. The van der Waals surface area contributed by atoms with Gasteiger partial charge in [0, 0.05) is 5.56 Å². The van der Waals surface area contributed by atoms with Gasteiger partial charge >= 0.3 is 0 Å². The van der Waals surface area contributed by atoms with Crippen LogP contribution < -0.4 is 0 Å². The summed E-state index contributed by atoms with van der Waals surface area (Å²) in [6.07, 6.45) is 6.85. The van der Waals surface area contributed by atoms with E-state index in [0.29, 0.717) is 0 Å². The van der Waals surface area contributed by atoms with E-state index >= 15 is 0 Å². The molecule has 4 nitrogen and oxygen atoms in total. The van der Waals surface area contributed by atoms with Crippen molar-refractivity contribution in [3.63, 3.8) is 0 Å². The first-order chi connectivity index (χ1) is 8.43. The van der Waals surface area contributed by atoms with Gasteiger partial charge in [-0.1, -0.05) is 30.3 Å². The first-order valence-corrected chi connectivity index (χ1v) is 5.30. The Bertz CT molecular complexity index is 602. The van der Waals surface area contributed by atoms with Crippen LogP contribution in [0.1, 0.15) is 0 Å². The predicted molar refractivity (Wildman–Crippen MR) is 65.0 cm³/mol. The normalized spacial score (nSPS) is 10.4. The zero-order chi connectivity index (χ0) is 11.5. The fourth-order valence-electron chi connectivity index (χ4n) is 1.64. The van der Waals surface area contributed by atoms with E-state index in [-0.39, 0.29) is 0 Å².